The quantitative estimate of drug-likeness (QED) is 0.561. The van der Waals surface area contributed by atoms with Crippen LogP contribution >= 0.6 is 11.3 Å². The van der Waals surface area contributed by atoms with E-state index in [1.165, 1.54) is 18.5 Å². The van der Waals surface area contributed by atoms with Crippen LogP contribution < -0.4 is 10.2 Å². The first-order valence-corrected chi connectivity index (χ1v) is 10.3. The first-order chi connectivity index (χ1) is 13.8. The van der Waals surface area contributed by atoms with Crippen LogP contribution in [0.15, 0.2) is 55.2 Å². The molecule has 0 unspecified atom stereocenters. The molecular formula is C20H21N7S. The molecule has 5 heterocycles. The smallest absolute Gasteiger partial charge is 0.214 e. The number of fused-ring (bicyclic) bond motifs is 1. The molecule has 1 fully saturated rings. The summed E-state index contributed by atoms with van der Waals surface area (Å²) in [6.07, 6.45) is 11.6. The molecule has 0 amide bonds. The Labute approximate surface area is 167 Å². The summed E-state index contributed by atoms with van der Waals surface area (Å²) in [5.74, 6) is 0.667. The molecule has 0 aromatic carbocycles. The second-order valence-electron chi connectivity index (χ2n) is 7.02. The van der Waals surface area contributed by atoms with Crippen molar-refractivity contribution in [1.82, 2.24) is 24.6 Å². The van der Waals surface area contributed by atoms with E-state index in [0.29, 0.717) is 5.92 Å². The second-order valence-corrected chi connectivity index (χ2v) is 7.97. The number of pyridine rings is 2. The maximum Gasteiger partial charge on any atom is 0.214 e. The van der Waals surface area contributed by atoms with Crippen molar-refractivity contribution in [3.8, 4) is 11.3 Å². The lowest BCUT2D eigenvalue weighted by atomic mass is 9.96. The fraction of sp³-hybridized carbons (Fsp3) is 0.300. The van der Waals surface area contributed by atoms with E-state index in [1.54, 1.807) is 17.5 Å². The molecule has 8 heteroatoms. The average Bonchev–Trinajstić information content (AvgIpc) is 3.33. The van der Waals surface area contributed by atoms with Crippen LogP contribution in [-0.2, 0) is 0 Å². The van der Waals surface area contributed by atoms with Crippen molar-refractivity contribution in [3.63, 3.8) is 0 Å². The Kier molecular flexibility index (Phi) is 4.62. The highest BCUT2D eigenvalue weighted by Gasteiger charge is 2.20. The molecule has 1 aliphatic rings. The van der Waals surface area contributed by atoms with E-state index in [9.17, 15) is 0 Å². The van der Waals surface area contributed by atoms with Crippen molar-refractivity contribution >= 4 is 27.1 Å². The molecule has 0 saturated carbocycles. The number of nitrogens with one attached hydrogen (secondary N) is 1. The highest BCUT2D eigenvalue weighted by Crippen LogP contribution is 2.26. The summed E-state index contributed by atoms with van der Waals surface area (Å²) in [5.41, 5.74) is 3.18. The summed E-state index contributed by atoms with van der Waals surface area (Å²) in [6.45, 7) is 3.13. The SMILES string of the molecule is c1cncc(-c2cn3nc(NCC4CCN(c5ccncc5)CC4)sc3n2)c1. The number of hydrogen-bond acceptors (Lipinski definition) is 7. The Hall–Kier alpha value is -3.00. The van der Waals surface area contributed by atoms with Gasteiger partial charge < -0.3 is 10.2 Å². The lowest BCUT2D eigenvalue weighted by Gasteiger charge is -2.33. The Morgan fingerprint density at radius 3 is 2.68 bits per heavy atom. The monoisotopic (exact) mass is 391 g/mol. The standard InChI is InChI=1S/C20H21N7S/c1-2-16(13-22-7-1)18-14-27-20(24-18)28-19(25-27)23-12-15-5-10-26(11-6-15)17-3-8-21-9-4-17/h1-4,7-9,13-15H,5-6,10-12H2,(H,23,25). The fourth-order valence-electron chi connectivity index (χ4n) is 3.61. The molecule has 142 valence electrons. The van der Waals surface area contributed by atoms with E-state index in [0.717, 1.165) is 41.0 Å². The molecule has 28 heavy (non-hydrogen) atoms. The topological polar surface area (TPSA) is 71.2 Å². The zero-order chi connectivity index (χ0) is 18.8. The number of hydrogen-bond donors (Lipinski definition) is 1. The fourth-order valence-corrected chi connectivity index (χ4v) is 4.40. The van der Waals surface area contributed by atoms with Crippen LogP contribution in [0.3, 0.4) is 0 Å². The third-order valence-electron chi connectivity index (χ3n) is 5.18. The van der Waals surface area contributed by atoms with Gasteiger partial charge in [0.25, 0.3) is 0 Å². The maximum absolute atomic E-state index is 4.67. The number of piperidine rings is 1. The van der Waals surface area contributed by atoms with E-state index in [4.69, 9.17) is 0 Å². The molecule has 5 rings (SSSR count). The lowest BCUT2D eigenvalue weighted by molar-refractivity contribution is 0.423. The van der Waals surface area contributed by atoms with Gasteiger partial charge in [-0.1, -0.05) is 11.3 Å². The Balaban J connectivity index is 1.17. The van der Waals surface area contributed by atoms with Gasteiger partial charge >= 0.3 is 0 Å². The van der Waals surface area contributed by atoms with Crippen molar-refractivity contribution in [2.24, 2.45) is 5.92 Å². The van der Waals surface area contributed by atoms with Crippen molar-refractivity contribution in [2.75, 3.05) is 29.9 Å². The summed E-state index contributed by atoms with van der Waals surface area (Å²) in [7, 11) is 0. The van der Waals surface area contributed by atoms with Crippen molar-refractivity contribution in [1.29, 1.82) is 0 Å². The molecule has 0 atom stereocenters. The summed E-state index contributed by atoms with van der Waals surface area (Å²) >= 11 is 1.59. The van der Waals surface area contributed by atoms with Gasteiger partial charge in [-0.3, -0.25) is 9.97 Å². The normalized spacial score (nSPS) is 15.2. The molecule has 7 nitrogen and oxygen atoms in total. The van der Waals surface area contributed by atoms with Gasteiger partial charge in [0, 0.05) is 55.7 Å². The highest BCUT2D eigenvalue weighted by molar-refractivity contribution is 7.20. The minimum Gasteiger partial charge on any atom is -0.371 e. The minimum absolute atomic E-state index is 0.667. The highest BCUT2D eigenvalue weighted by atomic mass is 32.1. The van der Waals surface area contributed by atoms with Gasteiger partial charge in [0.05, 0.1) is 11.9 Å². The van der Waals surface area contributed by atoms with E-state index < -0.39 is 0 Å². The molecular weight excluding hydrogens is 370 g/mol. The summed E-state index contributed by atoms with van der Waals surface area (Å²) in [5, 5.41) is 9.07. The predicted octanol–water partition coefficient (Wildman–Crippen LogP) is 3.58. The molecule has 0 radical (unpaired) electrons. The van der Waals surface area contributed by atoms with Gasteiger partial charge in [0.15, 0.2) is 0 Å². The number of imidazole rings is 1. The summed E-state index contributed by atoms with van der Waals surface area (Å²) in [4.78, 5) is 16.3. The molecule has 4 aromatic heterocycles. The molecule has 1 N–H and O–H groups in total. The van der Waals surface area contributed by atoms with E-state index >= 15 is 0 Å². The predicted molar refractivity (Wildman–Crippen MR) is 112 cm³/mol. The average molecular weight is 392 g/mol. The molecule has 0 bridgehead atoms. The summed E-state index contributed by atoms with van der Waals surface area (Å²) in [6, 6.07) is 8.10. The molecule has 1 saturated heterocycles. The number of nitrogens with zero attached hydrogens (tertiary/aromatic N) is 6. The zero-order valence-electron chi connectivity index (χ0n) is 15.4. The van der Waals surface area contributed by atoms with Gasteiger partial charge in [-0.2, -0.15) is 0 Å². The van der Waals surface area contributed by atoms with Crippen LogP contribution in [0.25, 0.3) is 16.2 Å². The van der Waals surface area contributed by atoms with E-state index in [-0.39, 0.29) is 0 Å². The van der Waals surface area contributed by atoms with Crippen molar-refractivity contribution in [3.05, 3.63) is 55.2 Å². The Bertz CT molecular complexity index is 1000. The first kappa shape index (κ1) is 17.1. The molecule has 0 aliphatic carbocycles. The van der Waals surface area contributed by atoms with Gasteiger partial charge in [-0.15, -0.1) is 5.10 Å². The van der Waals surface area contributed by atoms with Crippen LogP contribution in [0.2, 0.25) is 0 Å². The lowest BCUT2D eigenvalue weighted by Crippen LogP contribution is -2.35. The van der Waals surface area contributed by atoms with Gasteiger partial charge in [-0.25, -0.2) is 9.50 Å². The number of aromatic nitrogens is 5. The molecule has 4 aromatic rings. The zero-order valence-corrected chi connectivity index (χ0v) is 16.2. The van der Waals surface area contributed by atoms with Gasteiger partial charge in [0.2, 0.25) is 10.1 Å². The maximum atomic E-state index is 4.67. The van der Waals surface area contributed by atoms with Crippen LogP contribution in [-0.4, -0.2) is 44.2 Å². The van der Waals surface area contributed by atoms with Crippen LogP contribution in [0, 0.1) is 5.92 Å². The molecule has 0 spiro atoms. The second kappa shape index (κ2) is 7.55. The third kappa shape index (κ3) is 3.55. The number of rotatable bonds is 5. The minimum atomic E-state index is 0.667. The van der Waals surface area contributed by atoms with Crippen molar-refractivity contribution in [2.45, 2.75) is 12.8 Å². The molecule has 1 aliphatic heterocycles. The van der Waals surface area contributed by atoms with E-state index in [2.05, 4.69) is 42.4 Å². The summed E-state index contributed by atoms with van der Waals surface area (Å²) < 4.78 is 1.85. The van der Waals surface area contributed by atoms with Crippen molar-refractivity contribution < 1.29 is 0 Å². The third-order valence-corrected chi connectivity index (χ3v) is 6.07. The van der Waals surface area contributed by atoms with Crippen LogP contribution in [0.4, 0.5) is 10.8 Å². The van der Waals surface area contributed by atoms with Crippen LogP contribution in [0.5, 0.6) is 0 Å². The van der Waals surface area contributed by atoms with Gasteiger partial charge in [0.1, 0.15) is 0 Å². The Morgan fingerprint density at radius 1 is 1.07 bits per heavy atom. The first-order valence-electron chi connectivity index (χ1n) is 9.50. The largest absolute Gasteiger partial charge is 0.371 e. The Morgan fingerprint density at radius 2 is 1.93 bits per heavy atom. The van der Waals surface area contributed by atoms with Gasteiger partial charge in [-0.05, 0) is 43.0 Å². The number of anilines is 2. The van der Waals surface area contributed by atoms with E-state index in [1.807, 2.05) is 41.4 Å². The van der Waals surface area contributed by atoms with Crippen LogP contribution in [0.1, 0.15) is 12.8 Å².